The van der Waals surface area contributed by atoms with Gasteiger partial charge in [-0.05, 0) is 0 Å². The summed E-state index contributed by atoms with van der Waals surface area (Å²) in [6.07, 6.45) is 0. The van der Waals surface area contributed by atoms with E-state index in [2.05, 4.69) is 37.7 Å². The first kappa shape index (κ1) is 35.7. The summed E-state index contributed by atoms with van der Waals surface area (Å²) in [6.45, 7) is 0. The van der Waals surface area contributed by atoms with Crippen molar-refractivity contribution in [1.82, 2.24) is 0 Å². The van der Waals surface area contributed by atoms with Crippen LogP contribution in [0.3, 0.4) is 0 Å². The lowest BCUT2D eigenvalue weighted by Gasteiger charge is -1.33. The van der Waals surface area contributed by atoms with Gasteiger partial charge in [0.2, 0.25) is 0 Å². The Labute approximate surface area is 71.1 Å². The van der Waals surface area contributed by atoms with Crippen molar-refractivity contribution in [2.24, 2.45) is 0 Å². The Kier molecular flexibility index (Phi) is 218. The Balaban J connectivity index is -0.00000000333. The third kappa shape index (κ3) is 69.5. The molecular weight excluding hydrogens is 342 g/mol. The molecule has 7 heteroatoms. The van der Waals surface area contributed by atoms with Crippen LogP contribution in [0, 0.1) is 0 Å². The minimum absolute atomic E-state index is 0. The van der Waals surface area contributed by atoms with E-state index < -0.39 is 0 Å². The number of rotatable bonds is 0. The molecule has 0 bridgehead atoms. The van der Waals surface area contributed by atoms with Crippen LogP contribution in [0.5, 0.6) is 0 Å². The van der Waals surface area contributed by atoms with E-state index in [4.69, 9.17) is 0 Å². The molecule has 0 aromatic carbocycles. The summed E-state index contributed by atoms with van der Waals surface area (Å²) in [4.78, 5) is 0. The van der Waals surface area contributed by atoms with Gasteiger partial charge in [-0.1, -0.05) is 0 Å². The Bertz CT molecular complexity index is 9.65. The fourth-order valence-corrected chi connectivity index (χ4v) is 0. The highest BCUT2D eigenvalue weighted by Gasteiger charge is 1.61. The first-order valence-electron chi connectivity index (χ1n) is 0.535. The summed E-state index contributed by atoms with van der Waals surface area (Å²) in [7, 11) is 0. The third-order valence-corrected chi connectivity index (χ3v) is 0. The molecule has 0 saturated carbocycles. The zero-order valence-corrected chi connectivity index (χ0v) is 9.19. The molecule has 4 nitrogen and oxygen atoms in total. The van der Waals surface area contributed by atoms with Crippen molar-refractivity contribution in [3.63, 3.8) is 0 Å². The minimum atomic E-state index is 0. The van der Waals surface area contributed by atoms with Crippen molar-refractivity contribution >= 4 is 50.3 Å². The van der Waals surface area contributed by atoms with E-state index in [0.717, 1.165) is 0 Å². The van der Waals surface area contributed by atoms with Crippen LogP contribution in [-0.4, -0.2) is 34.5 Å². The van der Waals surface area contributed by atoms with E-state index in [-0.39, 0.29) is 21.9 Å². The maximum atomic E-state index is 2.41. The van der Waals surface area contributed by atoms with Crippen LogP contribution >= 0.6 is 37.7 Å². The van der Waals surface area contributed by atoms with Crippen LogP contribution in [0.1, 0.15) is 0 Å². The Morgan fingerprint density at radius 2 is 0.714 bits per heavy atom. The Hall–Kier alpha value is 2.07. The van der Waals surface area contributed by atoms with E-state index >= 15 is 0 Å². The average molecular weight is 350 g/mol. The monoisotopic (exact) mass is 350 g/mol. The summed E-state index contributed by atoms with van der Waals surface area (Å²) >= 11 is 5.18. The van der Waals surface area contributed by atoms with Gasteiger partial charge >= 0.3 is 12.6 Å². The van der Waals surface area contributed by atoms with Gasteiger partial charge in [-0.15, -0.1) is 0 Å². The Morgan fingerprint density at radius 1 is 0.714 bits per heavy atom. The molecule has 0 rings (SSSR count). The van der Waals surface area contributed by atoms with Gasteiger partial charge in [-0.3, -0.25) is 37.7 Å². The topological polar surface area (TPSA) is 126 Å². The zero-order chi connectivity index (χ0) is 2.71. The molecule has 0 aliphatic rings. The lowest BCUT2D eigenvalue weighted by atomic mass is 16.0. The van der Waals surface area contributed by atoms with E-state index in [9.17, 15) is 0 Å². The molecule has 0 spiro atoms. The highest BCUT2D eigenvalue weighted by Crippen LogP contribution is 1.80. The fourth-order valence-electron chi connectivity index (χ4n) is 0. The standard InChI is InChI=1S/2HI.Mg.4H2O/h2*1H;;4*1H2/q;;+2;;;;/p-2. The van der Waals surface area contributed by atoms with Gasteiger partial charge in [0.05, 0.1) is 0 Å². The molecule has 0 aromatic heterocycles. The number of halogens is 2. The highest BCUT2D eigenvalue weighted by atomic mass is 127. The van der Waals surface area contributed by atoms with E-state index in [1.54, 1.807) is 0 Å². The normalized spacial score (nSPS) is 1.43. The minimum Gasteiger partial charge on any atom is -0.412 e. The number of hydrogen-bond donors (Lipinski definition) is 0. The molecule has 8 N–H and O–H groups in total. The van der Waals surface area contributed by atoms with Crippen molar-refractivity contribution in [3.05, 3.63) is 0 Å². The molecule has 0 aliphatic heterocycles. The maximum Gasteiger partial charge on any atom is 0.552 e. The predicted octanol–water partition coefficient (Wildman–Crippen LogP) is -1.91. The van der Waals surface area contributed by atoms with Crippen LogP contribution in [0.25, 0.3) is 0 Å². The Morgan fingerprint density at radius 3 is 0.714 bits per heavy atom. The van der Waals surface area contributed by atoms with Gasteiger partial charge < -0.3 is 21.9 Å². The summed E-state index contributed by atoms with van der Waals surface area (Å²) < 4.78 is 0. The van der Waals surface area contributed by atoms with Gasteiger partial charge in [0.1, 0.15) is 0 Å². The first-order chi connectivity index (χ1) is 1.41. The average Bonchev–Trinajstić information content (AvgIpc) is 0.918. The van der Waals surface area contributed by atoms with Crippen LogP contribution in [0.15, 0.2) is 0 Å². The molecule has 48 valence electrons. The van der Waals surface area contributed by atoms with Crippen molar-refractivity contribution < 1.29 is 21.9 Å². The fraction of sp³-hybridized carbons (Fsp3) is 0. The lowest BCUT2D eigenvalue weighted by molar-refractivity contribution is 0.823. The van der Waals surface area contributed by atoms with E-state index in [0.29, 0.717) is 12.6 Å². The smallest absolute Gasteiger partial charge is 0.412 e. The van der Waals surface area contributed by atoms with Crippen molar-refractivity contribution in [2.75, 3.05) is 0 Å². The second kappa shape index (κ2) is 42.8. The quantitative estimate of drug-likeness (QED) is 0.357. The van der Waals surface area contributed by atoms with Crippen LogP contribution in [0.4, 0.5) is 0 Å². The van der Waals surface area contributed by atoms with E-state index in [1.165, 1.54) is 0 Å². The largest absolute Gasteiger partial charge is 0.552 e. The van der Waals surface area contributed by atoms with Crippen LogP contribution in [-0.2, 0) is 0 Å². The van der Waals surface area contributed by atoms with Crippen molar-refractivity contribution in [3.8, 4) is 0 Å². The summed E-state index contributed by atoms with van der Waals surface area (Å²) in [6, 6.07) is 0. The third-order valence-electron chi connectivity index (χ3n) is 0. The molecule has 0 radical (unpaired) electrons. The molecule has 0 aromatic rings. The molecule has 0 aliphatic carbocycles. The molecule has 0 amide bonds. The first-order valence-corrected chi connectivity index (χ1v) is 10.8. The predicted molar refractivity (Wildman–Crippen MR) is 48.2 cm³/mol. The van der Waals surface area contributed by atoms with Crippen LogP contribution < -0.4 is 0 Å². The highest BCUT2D eigenvalue weighted by molar-refractivity contribution is 14.3. The molecule has 7 heavy (non-hydrogen) atoms. The van der Waals surface area contributed by atoms with Gasteiger partial charge in [0, 0.05) is 0 Å². The van der Waals surface area contributed by atoms with Gasteiger partial charge in [-0.2, -0.15) is 0 Å². The molecule has 0 heterocycles. The molecule has 0 fully saturated rings. The maximum absolute atomic E-state index is 2.41. The van der Waals surface area contributed by atoms with Gasteiger partial charge in [-0.25, -0.2) is 0 Å². The van der Waals surface area contributed by atoms with Gasteiger partial charge in [0.25, 0.3) is 0 Å². The summed E-state index contributed by atoms with van der Waals surface area (Å²) in [5, 5.41) is 0. The van der Waals surface area contributed by atoms with Crippen molar-refractivity contribution in [2.45, 2.75) is 0 Å². The molecule has 0 atom stereocenters. The van der Waals surface area contributed by atoms with Crippen molar-refractivity contribution in [1.29, 1.82) is 0 Å². The van der Waals surface area contributed by atoms with Crippen LogP contribution in [0.2, 0.25) is 0 Å². The summed E-state index contributed by atoms with van der Waals surface area (Å²) in [5.74, 6) is 0. The molecule has 0 unspecified atom stereocenters. The second-order valence-electron chi connectivity index (χ2n) is 0.101. The molecular formula is H8I2MgO4. The lowest BCUT2D eigenvalue weighted by Crippen LogP contribution is -1.30. The summed E-state index contributed by atoms with van der Waals surface area (Å²) in [5.41, 5.74) is 0. The second-order valence-corrected chi connectivity index (χ2v) is 13.6. The van der Waals surface area contributed by atoms with Gasteiger partial charge in [0.15, 0.2) is 0 Å². The van der Waals surface area contributed by atoms with E-state index in [1.807, 2.05) is 0 Å². The number of hydrogen-bond acceptors (Lipinski definition) is 0. The molecule has 0 saturated heterocycles. The zero-order valence-electron chi connectivity index (χ0n) is 3.46. The SMILES string of the molecule is O.O.O.O.[I][Mg][I].